The summed E-state index contributed by atoms with van der Waals surface area (Å²) in [4.78, 5) is 28.2. The van der Waals surface area contributed by atoms with E-state index in [4.69, 9.17) is 0 Å². The molecule has 0 radical (unpaired) electrons. The second-order valence-electron chi connectivity index (χ2n) is 12.4. The lowest BCUT2D eigenvalue weighted by molar-refractivity contribution is -0.00716. The maximum atomic E-state index is 14.1. The highest BCUT2D eigenvalue weighted by molar-refractivity contribution is 5.57. The predicted octanol–water partition coefficient (Wildman–Crippen LogP) is 4.30. The Labute approximate surface area is 193 Å². The summed E-state index contributed by atoms with van der Waals surface area (Å²) in [5.74, 6) is 0.583. The van der Waals surface area contributed by atoms with E-state index in [2.05, 4.69) is 69.3 Å². The molecule has 7 atom stereocenters. The van der Waals surface area contributed by atoms with Gasteiger partial charge in [-0.25, -0.2) is 23.5 Å². The van der Waals surface area contributed by atoms with Crippen molar-refractivity contribution in [3.8, 4) is 0 Å². The summed E-state index contributed by atoms with van der Waals surface area (Å²) in [5.41, 5.74) is 2.36. The molecule has 0 spiro atoms. The lowest BCUT2D eigenvalue weighted by Crippen LogP contribution is -2.67. The Morgan fingerprint density at radius 3 is 2.30 bits per heavy atom. The number of hydrogen-bond donors (Lipinski definition) is 0. The fourth-order valence-electron chi connectivity index (χ4n) is 9.53. The van der Waals surface area contributed by atoms with E-state index >= 15 is 0 Å². The van der Waals surface area contributed by atoms with Crippen LogP contribution in [-0.4, -0.2) is 13.9 Å². The molecule has 0 unspecified atom stereocenters. The number of benzene rings is 1. The van der Waals surface area contributed by atoms with Crippen molar-refractivity contribution < 1.29 is 0 Å². The number of rotatable bonds is 1. The first-order chi connectivity index (χ1) is 15.8. The summed E-state index contributed by atoms with van der Waals surface area (Å²) in [6.45, 7) is 7.02. The van der Waals surface area contributed by atoms with E-state index in [9.17, 15) is 9.59 Å². The SMILES string of the molecule is CC1(C)[C@H]2CC[C@@]1(C)[C@H](n1c(=O)n3n(c1=O)[C@H]1C=C[C@H]3[C@]34C=C[C@@]13c1ccccc1CC4)C2. The molecule has 2 aromatic rings. The quantitative estimate of drug-likeness (QED) is 0.620. The smallest absolute Gasteiger partial charge is 0.246 e. The van der Waals surface area contributed by atoms with Gasteiger partial charge in [0.15, 0.2) is 0 Å². The van der Waals surface area contributed by atoms with Crippen molar-refractivity contribution in [2.24, 2.45) is 22.2 Å². The maximum Gasteiger partial charge on any atom is 0.348 e. The molecule has 9 rings (SSSR count). The van der Waals surface area contributed by atoms with E-state index in [1.54, 1.807) is 4.57 Å². The minimum absolute atomic E-state index is 0.00817. The van der Waals surface area contributed by atoms with Crippen molar-refractivity contribution in [2.75, 3.05) is 0 Å². The monoisotopic (exact) mass is 441 g/mol. The zero-order valence-electron chi connectivity index (χ0n) is 19.6. The summed E-state index contributed by atoms with van der Waals surface area (Å²) in [6.07, 6.45) is 14.4. The second-order valence-corrected chi connectivity index (χ2v) is 12.4. The van der Waals surface area contributed by atoms with Crippen LogP contribution in [0, 0.1) is 22.2 Å². The Hall–Kier alpha value is -2.56. The van der Waals surface area contributed by atoms with E-state index in [-0.39, 0.29) is 51.2 Å². The minimum Gasteiger partial charge on any atom is -0.246 e. The van der Waals surface area contributed by atoms with Crippen LogP contribution in [-0.2, 0) is 11.8 Å². The van der Waals surface area contributed by atoms with E-state index in [0.717, 1.165) is 25.7 Å². The Morgan fingerprint density at radius 2 is 1.64 bits per heavy atom. The van der Waals surface area contributed by atoms with Crippen LogP contribution in [0.15, 0.2) is 58.2 Å². The molecule has 1 aromatic heterocycles. The third-order valence-electron chi connectivity index (χ3n) is 11.8. The maximum absolute atomic E-state index is 14.1. The van der Waals surface area contributed by atoms with Gasteiger partial charge in [0.25, 0.3) is 0 Å². The van der Waals surface area contributed by atoms with Gasteiger partial charge in [-0.3, -0.25) is 0 Å². The Balaban J connectivity index is 1.38. The van der Waals surface area contributed by atoms with Crippen LogP contribution in [0.25, 0.3) is 0 Å². The normalized spacial score (nSPS) is 44.2. The highest BCUT2D eigenvalue weighted by atomic mass is 16.2. The minimum atomic E-state index is -0.221. The molecule has 5 heteroatoms. The van der Waals surface area contributed by atoms with Crippen molar-refractivity contribution >= 4 is 0 Å². The summed E-state index contributed by atoms with van der Waals surface area (Å²) in [7, 11) is 0. The summed E-state index contributed by atoms with van der Waals surface area (Å²) < 4.78 is 5.38. The van der Waals surface area contributed by atoms with Crippen LogP contribution >= 0.6 is 0 Å². The molecule has 5 nitrogen and oxygen atoms in total. The second kappa shape index (κ2) is 5.24. The number of aryl methyl sites for hydroxylation is 1. The van der Waals surface area contributed by atoms with Gasteiger partial charge in [0.2, 0.25) is 0 Å². The molecule has 7 aliphatic rings. The molecule has 2 saturated carbocycles. The molecule has 1 aromatic carbocycles. The van der Waals surface area contributed by atoms with Crippen LogP contribution in [0.5, 0.6) is 0 Å². The first kappa shape index (κ1) is 18.8. The lowest BCUT2D eigenvalue weighted by Gasteiger charge is -2.67. The van der Waals surface area contributed by atoms with Crippen molar-refractivity contribution in [3.63, 3.8) is 0 Å². The number of allylic oxidation sites excluding steroid dienone is 4. The van der Waals surface area contributed by atoms with Crippen molar-refractivity contribution in [3.05, 3.63) is 80.7 Å². The zero-order valence-corrected chi connectivity index (χ0v) is 19.6. The highest BCUT2D eigenvalue weighted by Gasteiger charge is 2.70. The molecular formula is C28H31N3O2. The van der Waals surface area contributed by atoms with Gasteiger partial charge in [-0.2, -0.15) is 0 Å². The zero-order chi connectivity index (χ0) is 22.5. The van der Waals surface area contributed by atoms with Crippen LogP contribution in [0.3, 0.4) is 0 Å². The number of aromatic nitrogens is 3. The van der Waals surface area contributed by atoms with Gasteiger partial charge in [0.05, 0.1) is 17.5 Å². The van der Waals surface area contributed by atoms with E-state index in [0.29, 0.717) is 5.92 Å². The van der Waals surface area contributed by atoms with Crippen LogP contribution in [0.1, 0.15) is 75.7 Å². The molecule has 0 saturated heterocycles. The van der Waals surface area contributed by atoms with Gasteiger partial charge in [-0.15, -0.1) is 0 Å². The first-order valence-corrected chi connectivity index (χ1v) is 12.7. The highest BCUT2D eigenvalue weighted by Crippen LogP contribution is 2.72. The van der Waals surface area contributed by atoms with Crippen LogP contribution < -0.4 is 11.4 Å². The number of nitrogens with zero attached hydrogens (tertiary/aromatic N) is 3. The summed E-state index contributed by atoms with van der Waals surface area (Å²) in [5, 5.41) is 0. The van der Waals surface area contributed by atoms with Crippen LogP contribution in [0.4, 0.5) is 0 Å². The third kappa shape index (κ3) is 1.63. The Kier molecular flexibility index (Phi) is 2.99. The lowest BCUT2D eigenvalue weighted by atomic mass is 9.40. The average Bonchev–Trinajstić information content (AvgIpc) is 3.26. The van der Waals surface area contributed by atoms with Gasteiger partial charge < -0.3 is 0 Å². The third-order valence-corrected chi connectivity index (χ3v) is 11.8. The van der Waals surface area contributed by atoms with E-state index < -0.39 is 0 Å². The average molecular weight is 442 g/mol. The number of fused-ring (bicyclic) bond motifs is 3. The predicted molar refractivity (Wildman–Crippen MR) is 126 cm³/mol. The number of hydrogen-bond acceptors (Lipinski definition) is 2. The fraction of sp³-hybridized carbons (Fsp3) is 0.571. The molecule has 5 aliphatic carbocycles. The molecule has 0 N–H and O–H groups in total. The fourth-order valence-corrected chi connectivity index (χ4v) is 9.53. The van der Waals surface area contributed by atoms with Crippen molar-refractivity contribution in [1.29, 1.82) is 0 Å². The molecule has 3 heterocycles. The van der Waals surface area contributed by atoms with Gasteiger partial charge >= 0.3 is 11.4 Å². The van der Waals surface area contributed by atoms with Gasteiger partial charge in [0.1, 0.15) is 0 Å². The summed E-state index contributed by atoms with van der Waals surface area (Å²) >= 11 is 0. The van der Waals surface area contributed by atoms with Gasteiger partial charge in [-0.1, -0.05) is 69.3 Å². The molecule has 33 heavy (non-hydrogen) atoms. The molecule has 0 amide bonds. The van der Waals surface area contributed by atoms with Gasteiger partial charge in [0, 0.05) is 11.5 Å². The summed E-state index contributed by atoms with van der Waals surface area (Å²) in [6, 6.07) is 8.50. The molecular weight excluding hydrogens is 410 g/mol. The Morgan fingerprint density at radius 1 is 0.909 bits per heavy atom. The standard InChI is InChI=1S/C28H31N3O2/c1-25(2)18-11-12-26(25,3)22(16-18)29-23(32)30-20-8-9-21(31(30)24(29)33)28-15-14-27(20,28)13-10-17-6-4-5-7-19(17)28/h4-9,14-15,18,20-22H,10-13,16H2,1-3H3/t18-,20-,21-,22+,26-,27-,28+/m0/s1. The van der Waals surface area contributed by atoms with E-state index in [1.807, 2.05) is 9.36 Å². The first-order valence-electron chi connectivity index (χ1n) is 12.7. The van der Waals surface area contributed by atoms with Crippen molar-refractivity contribution in [2.45, 2.75) is 76.4 Å². The van der Waals surface area contributed by atoms with Crippen molar-refractivity contribution in [1.82, 2.24) is 13.9 Å². The van der Waals surface area contributed by atoms with Crippen LogP contribution in [0.2, 0.25) is 0 Å². The van der Waals surface area contributed by atoms with Gasteiger partial charge in [-0.05, 0) is 60.0 Å². The molecule has 2 fully saturated rings. The van der Waals surface area contributed by atoms with E-state index in [1.165, 1.54) is 17.5 Å². The molecule has 2 aliphatic heterocycles. The largest absolute Gasteiger partial charge is 0.348 e. The molecule has 4 bridgehead atoms. The molecule has 170 valence electrons. The Bertz CT molecular complexity index is 1440. The topological polar surface area (TPSA) is 48.9 Å².